The third-order valence-electron chi connectivity index (χ3n) is 1.82. The maximum absolute atomic E-state index is 2.49. The van der Waals surface area contributed by atoms with Gasteiger partial charge in [0.15, 0.2) is 0 Å². The highest BCUT2D eigenvalue weighted by molar-refractivity contribution is 5.75. The molecular weight excluding hydrogens is 205 g/mol. The lowest BCUT2D eigenvalue weighted by atomic mass is 10.0. The molecule has 1 fully saturated rings. The van der Waals surface area contributed by atoms with Crippen molar-refractivity contribution < 1.29 is 0 Å². The number of hydrogen-bond donors (Lipinski definition) is 0. The number of likely N-dealkylation sites (tertiary alicyclic amines) is 1. The van der Waals surface area contributed by atoms with Gasteiger partial charge in [0.2, 0.25) is 0 Å². The van der Waals surface area contributed by atoms with Gasteiger partial charge in [-0.25, -0.2) is 0 Å². The zero-order valence-corrected chi connectivity index (χ0v) is 13.3. The Labute approximate surface area is 115 Å². The summed E-state index contributed by atoms with van der Waals surface area (Å²) in [4.78, 5) is 2.49. The van der Waals surface area contributed by atoms with Gasteiger partial charge in [0, 0.05) is 27.5 Å². The van der Waals surface area contributed by atoms with Gasteiger partial charge in [-0.1, -0.05) is 62.3 Å². The number of nitrogens with zero attached hydrogens (tertiary/aromatic N) is 1. The second kappa shape index (κ2) is 25.0. The van der Waals surface area contributed by atoms with Crippen LogP contribution in [0.2, 0.25) is 0 Å². The molecule has 1 nitrogen and oxygen atoms in total. The van der Waals surface area contributed by atoms with E-state index in [0.717, 1.165) is 12.0 Å². The lowest BCUT2D eigenvalue weighted by molar-refractivity contribution is 0.0787. The molecule has 17 heavy (non-hydrogen) atoms. The average molecular weight is 244 g/mol. The first-order chi connectivity index (χ1) is 7.11. The molecule has 3 radical (unpaired) electrons. The molecule has 107 valence electrons. The molecule has 1 heterocycles. The maximum Gasteiger partial charge on any atom is 0.00388 e. The third kappa shape index (κ3) is 21.8. The molecule has 0 unspecified atom stereocenters. The van der Waals surface area contributed by atoms with E-state index in [0.29, 0.717) is 0 Å². The highest BCUT2D eigenvalue weighted by atomic mass is 15.2. The first-order valence-electron chi connectivity index (χ1n) is 6.85. The van der Waals surface area contributed by atoms with E-state index in [4.69, 9.17) is 0 Å². The zero-order valence-electron chi connectivity index (χ0n) is 13.3. The van der Waals surface area contributed by atoms with Gasteiger partial charge in [-0.05, 0) is 19.8 Å². The molecule has 1 saturated heterocycles. The zero-order chi connectivity index (χ0) is 12.9. The van der Waals surface area contributed by atoms with Crippen LogP contribution in [-0.2, 0) is 0 Å². The smallest absolute Gasteiger partial charge is 0.00388 e. The molecule has 0 aromatic heterocycles. The lowest BCUT2D eigenvalue weighted by Gasteiger charge is -2.40. The quantitative estimate of drug-likeness (QED) is 0.582. The topological polar surface area (TPSA) is 3.24 Å². The molecule has 0 spiro atoms. The van der Waals surface area contributed by atoms with Crippen molar-refractivity contribution in [2.45, 2.75) is 82.2 Å². The van der Waals surface area contributed by atoms with E-state index in [2.05, 4.69) is 39.5 Å². The highest BCUT2D eigenvalue weighted by Gasteiger charge is 2.23. The van der Waals surface area contributed by atoms with Gasteiger partial charge in [0.1, 0.15) is 0 Å². The van der Waals surface area contributed by atoms with Crippen LogP contribution in [0.3, 0.4) is 0 Å². The molecule has 0 aromatic carbocycles. The van der Waals surface area contributed by atoms with Crippen LogP contribution in [0.1, 0.15) is 76.2 Å². The summed E-state index contributed by atoms with van der Waals surface area (Å²) in [6.45, 7) is 21.7. The fourth-order valence-corrected chi connectivity index (χ4v) is 1.17. The van der Waals surface area contributed by atoms with Gasteiger partial charge >= 0.3 is 0 Å². The van der Waals surface area contributed by atoms with Gasteiger partial charge in [0.05, 0.1) is 0 Å². The standard InChI is InChI=1S/C7H15N.C3H8.2C2H6.CH4.B/c1-6(2)8-4-7(3)5-8;1-3-2;2*1-2;;/h6-7H,4-5H2,1-3H3;3H2,1-2H3;2*1-2H3;1H4;. The van der Waals surface area contributed by atoms with E-state index < -0.39 is 0 Å². The monoisotopic (exact) mass is 244 g/mol. The van der Waals surface area contributed by atoms with E-state index >= 15 is 0 Å². The SMILES string of the molecule is C.CC.CC.CC1CN(C(C)C)C1.CCC.[B]. The van der Waals surface area contributed by atoms with E-state index in [1.807, 2.05) is 27.7 Å². The highest BCUT2D eigenvalue weighted by Crippen LogP contribution is 2.16. The van der Waals surface area contributed by atoms with Crippen molar-refractivity contribution >= 4 is 8.41 Å². The van der Waals surface area contributed by atoms with Crippen molar-refractivity contribution in [3.63, 3.8) is 0 Å². The molecule has 0 aromatic rings. The minimum absolute atomic E-state index is 0. The molecule has 0 atom stereocenters. The Morgan fingerprint density at radius 2 is 1.24 bits per heavy atom. The Hall–Kier alpha value is 0.0249. The second-order valence-electron chi connectivity index (χ2n) is 3.86. The fraction of sp³-hybridized carbons (Fsp3) is 1.00. The predicted molar refractivity (Wildman–Crippen MR) is 87.0 cm³/mol. The van der Waals surface area contributed by atoms with Crippen molar-refractivity contribution in [3.05, 3.63) is 0 Å². The Morgan fingerprint density at radius 3 is 1.29 bits per heavy atom. The van der Waals surface area contributed by atoms with Gasteiger partial charge in [0.25, 0.3) is 0 Å². The Balaban J connectivity index is -0.0000000466. The van der Waals surface area contributed by atoms with Crippen LogP contribution in [0.25, 0.3) is 0 Å². The molecular formula is C15H39BN. The van der Waals surface area contributed by atoms with E-state index in [1.54, 1.807) is 0 Å². The van der Waals surface area contributed by atoms with Crippen molar-refractivity contribution in [2.24, 2.45) is 5.92 Å². The summed E-state index contributed by atoms with van der Waals surface area (Å²) >= 11 is 0. The van der Waals surface area contributed by atoms with Crippen LogP contribution in [0.15, 0.2) is 0 Å². The minimum atomic E-state index is 0. The van der Waals surface area contributed by atoms with E-state index in [9.17, 15) is 0 Å². The molecule has 1 rings (SSSR count). The molecule has 0 bridgehead atoms. The van der Waals surface area contributed by atoms with Gasteiger partial charge in [-0.3, -0.25) is 0 Å². The first kappa shape index (κ1) is 30.2. The van der Waals surface area contributed by atoms with Crippen molar-refractivity contribution in [3.8, 4) is 0 Å². The normalized spacial score (nSPS) is 13.1. The summed E-state index contributed by atoms with van der Waals surface area (Å²) in [6, 6.07) is 0.770. The van der Waals surface area contributed by atoms with Gasteiger partial charge < -0.3 is 4.90 Å². The molecule has 1 aliphatic rings. The van der Waals surface area contributed by atoms with Crippen LogP contribution in [0.4, 0.5) is 0 Å². The summed E-state index contributed by atoms with van der Waals surface area (Å²) in [7, 11) is 0. The summed E-state index contributed by atoms with van der Waals surface area (Å²) in [5.74, 6) is 0.956. The third-order valence-corrected chi connectivity index (χ3v) is 1.82. The van der Waals surface area contributed by atoms with E-state index in [-0.39, 0.29) is 15.8 Å². The largest absolute Gasteiger partial charge is 0.300 e. The summed E-state index contributed by atoms with van der Waals surface area (Å²) in [5, 5.41) is 0. The van der Waals surface area contributed by atoms with Crippen LogP contribution in [0.5, 0.6) is 0 Å². The number of rotatable bonds is 1. The summed E-state index contributed by atoms with van der Waals surface area (Å²) in [5.41, 5.74) is 0. The van der Waals surface area contributed by atoms with Crippen LogP contribution in [-0.4, -0.2) is 32.4 Å². The molecule has 0 amide bonds. The van der Waals surface area contributed by atoms with Crippen molar-refractivity contribution in [1.82, 2.24) is 4.90 Å². The Kier molecular flexibility index (Phi) is 44.5. The van der Waals surface area contributed by atoms with E-state index in [1.165, 1.54) is 19.5 Å². The first-order valence-corrected chi connectivity index (χ1v) is 6.85. The van der Waals surface area contributed by atoms with Crippen LogP contribution < -0.4 is 0 Å². The van der Waals surface area contributed by atoms with Gasteiger partial charge in [-0.15, -0.1) is 0 Å². The van der Waals surface area contributed by atoms with Crippen molar-refractivity contribution in [1.29, 1.82) is 0 Å². The average Bonchev–Trinajstić information content (AvgIpc) is 2.20. The lowest BCUT2D eigenvalue weighted by Crippen LogP contribution is -2.48. The fourth-order valence-electron chi connectivity index (χ4n) is 1.17. The van der Waals surface area contributed by atoms with Crippen molar-refractivity contribution in [2.75, 3.05) is 13.1 Å². The Morgan fingerprint density at radius 1 is 1.00 bits per heavy atom. The summed E-state index contributed by atoms with van der Waals surface area (Å²) < 4.78 is 0. The Bertz CT molecular complexity index is 88.9. The molecule has 0 N–H and O–H groups in total. The minimum Gasteiger partial charge on any atom is -0.300 e. The van der Waals surface area contributed by atoms with Crippen LogP contribution >= 0.6 is 0 Å². The predicted octanol–water partition coefficient (Wildman–Crippen LogP) is 5.07. The molecule has 0 aliphatic carbocycles. The molecule has 1 aliphatic heterocycles. The maximum atomic E-state index is 2.49. The molecule has 2 heteroatoms. The van der Waals surface area contributed by atoms with Crippen LogP contribution in [0, 0.1) is 5.92 Å². The number of hydrogen-bond acceptors (Lipinski definition) is 1. The summed E-state index contributed by atoms with van der Waals surface area (Å²) in [6.07, 6.45) is 1.25. The molecule has 0 saturated carbocycles. The second-order valence-corrected chi connectivity index (χ2v) is 3.86. The van der Waals surface area contributed by atoms with Gasteiger partial charge in [-0.2, -0.15) is 0 Å².